The van der Waals surface area contributed by atoms with Gasteiger partial charge >= 0.3 is 6.03 Å². The molecule has 1 aliphatic rings. The van der Waals surface area contributed by atoms with Gasteiger partial charge in [-0.1, -0.05) is 18.2 Å². The number of aliphatic hydroxyl groups excluding tert-OH is 1. The zero-order chi connectivity index (χ0) is 26.2. The summed E-state index contributed by atoms with van der Waals surface area (Å²) in [4.78, 5) is 56.6. The van der Waals surface area contributed by atoms with Crippen molar-refractivity contribution in [3.63, 3.8) is 0 Å². The highest BCUT2D eigenvalue weighted by Crippen LogP contribution is 2.28. The van der Waals surface area contributed by atoms with Gasteiger partial charge in [-0.3, -0.25) is 19.4 Å². The number of nitrogens with one attached hydrogen (secondary N) is 3. The molecule has 4 N–H and O–H groups in total. The molecule has 1 aliphatic heterocycles. The normalized spacial score (nSPS) is 15.8. The van der Waals surface area contributed by atoms with E-state index in [1.165, 1.54) is 4.90 Å². The summed E-state index contributed by atoms with van der Waals surface area (Å²) in [5, 5.41) is 19.5. The molecular weight excluding hydrogens is 494 g/mol. The van der Waals surface area contributed by atoms with Crippen molar-refractivity contribution in [2.24, 2.45) is 5.92 Å². The summed E-state index contributed by atoms with van der Waals surface area (Å²) in [5.41, 5.74) is 1.71. The van der Waals surface area contributed by atoms with Gasteiger partial charge in [-0.2, -0.15) is 0 Å². The van der Waals surface area contributed by atoms with Crippen LogP contribution in [0.1, 0.15) is 29.3 Å². The molecule has 4 amide bonds. The molecule has 3 heterocycles. The monoisotopic (exact) mass is 521 g/mol. The number of aliphatic hydroxyl groups is 1. The molecule has 2 aromatic heterocycles. The van der Waals surface area contributed by atoms with Gasteiger partial charge in [0.05, 0.1) is 18.5 Å². The Morgan fingerprint density at radius 2 is 2.03 bits per heavy atom. The van der Waals surface area contributed by atoms with Crippen LogP contribution in [0.25, 0.3) is 0 Å². The van der Waals surface area contributed by atoms with Gasteiger partial charge < -0.3 is 26.0 Å². The second-order valence-electron chi connectivity index (χ2n) is 8.59. The van der Waals surface area contributed by atoms with Gasteiger partial charge in [0.1, 0.15) is 6.61 Å². The van der Waals surface area contributed by atoms with Crippen molar-refractivity contribution >= 4 is 46.3 Å². The molecule has 1 saturated heterocycles. The van der Waals surface area contributed by atoms with E-state index < -0.39 is 24.3 Å². The van der Waals surface area contributed by atoms with E-state index in [-0.39, 0.29) is 37.2 Å². The molecule has 3 aromatic rings. The molecule has 0 aliphatic carbocycles. The number of Topliss-reactive ketones (excluding diaryl/α,β-unsaturated/α-hetero) is 1. The number of benzene rings is 1. The van der Waals surface area contributed by atoms with E-state index in [9.17, 15) is 19.2 Å². The quantitative estimate of drug-likeness (QED) is 0.323. The maximum absolute atomic E-state index is 13.1. The number of hydrogen-bond donors (Lipinski definition) is 4. The van der Waals surface area contributed by atoms with Gasteiger partial charge in [-0.15, -0.1) is 11.3 Å². The van der Waals surface area contributed by atoms with Gasteiger partial charge in [-0.05, 0) is 41.3 Å². The minimum Gasteiger partial charge on any atom is -0.389 e. The van der Waals surface area contributed by atoms with Crippen LogP contribution in [0.4, 0.5) is 16.2 Å². The van der Waals surface area contributed by atoms with Crippen molar-refractivity contribution < 1.29 is 24.3 Å². The van der Waals surface area contributed by atoms with Crippen molar-refractivity contribution in [1.29, 1.82) is 0 Å². The number of ketones is 1. The SMILES string of the molecule is O=C(CO)CC(NC(=O)C1CC(=O)N(c2cccc(NC(=O)NCc3cccs3)c2)C1)c1cccnc1. The van der Waals surface area contributed by atoms with Crippen molar-refractivity contribution in [3.8, 4) is 0 Å². The van der Waals surface area contributed by atoms with E-state index in [4.69, 9.17) is 5.11 Å². The number of nitrogens with zero attached hydrogens (tertiary/aromatic N) is 2. The number of amides is 4. The van der Waals surface area contributed by atoms with E-state index in [0.29, 0.717) is 23.5 Å². The first-order valence-electron chi connectivity index (χ1n) is 11.7. The highest BCUT2D eigenvalue weighted by atomic mass is 32.1. The Morgan fingerprint density at radius 1 is 1.16 bits per heavy atom. The van der Waals surface area contributed by atoms with Crippen LogP contribution in [0, 0.1) is 5.92 Å². The Balaban J connectivity index is 1.38. The smallest absolute Gasteiger partial charge is 0.319 e. The van der Waals surface area contributed by atoms with Crippen molar-refractivity contribution in [2.75, 3.05) is 23.4 Å². The number of aromatic nitrogens is 1. The molecule has 2 unspecified atom stereocenters. The molecule has 0 bridgehead atoms. The number of carbonyl (C=O) groups is 4. The van der Waals surface area contributed by atoms with Crippen LogP contribution < -0.4 is 20.9 Å². The van der Waals surface area contributed by atoms with Crippen molar-refractivity contribution in [1.82, 2.24) is 15.6 Å². The Bertz CT molecular complexity index is 1250. The maximum atomic E-state index is 13.1. The predicted octanol–water partition coefficient (Wildman–Crippen LogP) is 2.63. The van der Waals surface area contributed by atoms with Crippen LogP contribution >= 0.6 is 11.3 Å². The minimum atomic E-state index is -0.662. The summed E-state index contributed by atoms with van der Waals surface area (Å²) in [6.45, 7) is -0.0559. The lowest BCUT2D eigenvalue weighted by Gasteiger charge is -2.21. The zero-order valence-electron chi connectivity index (χ0n) is 19.9. The largest absolute Gasteiger partial charge is 0.389 e. The third-order valence-corrected chi connectivity index (χ3v) is 6.80. The second kappa shape index (κ2) is 12.2. The molecule has 11 heteroatoms. The van der Waals surface area contributed by atoms with Crippen LogP contribution in [0.5, 0.6) is 0 Å². The standard InChI is InChI=1S/C26H27N5O5S/c32-16-21(33)12-23(17-4-2-8-27-13-17)30-25(35)18-10-24(34)31(15-18)20-6-1-5-19(11-20)29-26(36)28-14-22-7-3-9-37-22/h1-9,11,13,18,23,32H,10,12,14-16H2,(H,30,35)(H2,28,29,36). The van der Waals surface area contributed by atoms with Gasteiger partial charge in [-0.25, -0.2) is 4.79 Å². The first kappa shape index (κ1) is 26.0. The summed E-state index contributed by atoms with van der Waals surface area (Å²) in [7, 11) is 0. The Labute approximate surface area is 217 Å². The third-order valence-electron chi connectivity index (χ3n) is 5.93. The lowest BCUT2D eigenvalue weighted by atomic mass is 10.0. The number of urea groups is 1. The fourth-order valence-corrected chi connectivity index (χ4v) is 4.70. The average Bonchev–Trinajstić information content (AvgIpc) is 3.57. The molecule has 2 atom stereocenters. The van der Waals surface area contributed by atoms with E-state index in [1.807, 2.05) is 17.5 Å². The Kier molecular flexibility index (Phi) is 8.60. The number of hydrogen-bond acceptors (Lipinski definition) is 7. The maximum Gasteiger partial charge on any atom is 0.319 e. The highest BCUT2D eigenvalue weighted by Gasteiger charge is 2.36. The van der Waals surface area contributed by atoms with E-state index in [1.54, 1.807) is 60.1 Å². The number of rotatable bonds is 10. The number of carbonyl (C=O) groups excluding carboxylic acids is 4. The van der Waals surface area contributed by atoms with Crippen LogP contribution in [0.2, 0.25) is 0 Å². The van der Waals surface area contributed by atoms with Crippen LogP contribution in [0.15, 0.2) is 66.3 Å². The van der Waals surface area contributed by atoms with Crippen molar-refractivity contribution in [2.45, 2.75) is 25.4 Å². The average molecular weight is 522 g/mol. The summed E-state index contributed by atoms with van der Waals surface area (Å²) in [6.07, 6.45) is 3.07. The van der Waals surface area contributed by atoms with Crippen molar-refractivity contribution in [3.05, 3.63) is 76.7 Å². The fraction of sp³-hybridized carbons (Fsp3) is 0.269. The van der Waals surface area contributed by atoms with Crippen LogP contribution in [0.3, 0.4) is 0 Å². The molecule has 0 spiro atoms. The third kappa shape index (κ3) is 6.99. The number of pyridine rings is 1. The molecule has 1 aromatic carbocycles. The molecule has 192 valence electrons. The topological polar surface area (TPSA) is 141 Å². The minimum absolute atomic E-state index is 0.0124. The molecule has 0 radical (unpaired) electrons. The summed E-state index contributed by atoms with van der Waals surface area (Å²) in [6, 6.07) is 13.1. The summed E-state index contributed by atoms with van der Waals surface area (Å²) >= 11 is 1.55. The van der Waals surface area contributed by atoms with Gasteiger partial charge in [0.25, 0.3) is 0 Å². The predicted molar refractivity (Wildman–Crippen MR) is 139 cm³/mol. The van der Waals surface area contributed by atoms with Crippen LogP contribution in [-0.4, -0.2) is 46.9 Å². The lowest BCUT2D eigenvalue weighted by molar-refractivity contribution is -0.127. The van der Waals surface area contributed by atoms with Crippen LogP contribution in [-0.2, 0) is 20.9 Å². The lowest BCUT2D eigenvalue weighted by Crippen LogP contribution is -2.36. The second-order valence-corrected chi connectivity index (χ2v) is 9.62. The van der Waals surface area contributed by atoms with Gasteiger partial charge in [0.15, 0.2) is 5.78 Å². The molecule has 1 fully saturated rings. The highest BCUT2D eigenvalue weighted by molar-refractivity contribution is 7.09. The van der Waals surface area contributed by atoms with E-state index >= 15 is 0 Å². The Morgan fingerprint density at radius 3 is 2.76 bits per heavy atom. The fourth-order valence-electron chi connectivity index (χ4n) is 4.06. The number of thiophene rings is 1. The molecule has 0 saturated carbocycles. The Hall–Kier alpha value is -4.09. The molecular formula is C26H27N5O5S. The molecule has 10 nitrogen and oxygen atoms in total. The van der Waals surface area contributed by atoms with Gasteiger partial charge in [0.2, 0.25) is 11.8 Å². The van der Waals surface area contributed by atoms with E-state index in [2.05, 4.69) is 20.9 Å². The van der Waals surface area contributed by atoms with E-state index in [0.717, 1.165) is 4.88 Å². The number of anilines is 2. The molecule has 37 heavy (non-hydrogen) atoms. The summed E-state index contributed by atoms with van der Waals surface area (Å²) < 4.78 is 0. The molecule has 4 rings (SSSR count). The van der Waals surface area contributed by atoms with Gasteiger partial charge in [0, 0.05) is 48.0 Å². The summed E-state index contributed by atoms with van der Waals surface area (Å²) in [5.74, 6) is -1.62. The first-order chi connectivity index (χ1) is 17.9. The first-order valence-corrected chi connectivity index (χ1v) is 12.6. The zero-order valence-corrected chi connectivity index (χ0v) is 20.7.